The van der Waals surface area contributed by atoms with Gasteiger partial charge in [0, 0.05) is 10.9 Å². The molecule has 0 fully saturated rings. The van der Waals surface area contributed by atoms with Crippen LogP contribution >= 0.6 is 23.1 Å². The van der Waals surface area contributed by atoms with Crippen LogP contribution in [0, 0.1) is 11.3 Å². The highest BCUT2D eigenvalue weighted by Crippen LogP contribution is 2.35. The SMILES string of the molecule is COc1cccc(-c2nc(SC)nc3scc(C#N)c23)c1. The zero-order valence-electron chi connectivity index (χ0n) is 11.5. The summed E-state index contributed by atoms with van der Waals surface area (Å²) in [6, 6.07) is 9.91. The molecular formula is C15H11N3OS2. The van der Waals surface area contributed by atoms with E-state index in [1.54, 1.807) is 7.11 Å². The van der Waals surface area contributed by atoms with Gasteiger partial charge in [-0.05, 0) is 18.4 Å². The molecule has 0 N–H and O–H groups in total. The Kier molecular flexibility index (Phi) is 3.78. The number of ether oxygens (including phenoxy) is 1. The van der Waals surface area contributed by atoms with Gasteiger partial charge in [0.25, 0.3) is 0 Å². The van der Waals surface area contributed by atoms with E-state index in [4.69, 9.17) is 4.74 Å². The van der Waals surface area contributed by atoms with Crippen molar-refractivity contribution in [3.05, 3.63) is 35.2 Å². The number of thiophene rings is 1. The Labute approximate surface area is 130 Å². The second-order valence-electron chi connectivity index (χ2n) is 4.23. The van der Waals surface area contributed by atoms with Gasteiger partial charge in [-0.3, -0.25) is 0 Å². The highest BCUT2D eigenvalue weighted by atomic mass is 32.2. The van der Waals surface area contributed by atoms with Gasteiger partial charge in [-0.1, -0.05) is 23.9 Å². The topological polar surface area (TPSA) is 58.8 Å². The predicted molar refractivity (Wildman–Crippen MR) is 85.9 cm³/mol. The van der Waals surface area contributed by atoms with Gasteiger partial charge >= 0.3 is 0 Å². The number of nitrogens with zero attached hydrogens (tertiary/aromatic N) is 3. The zero-order valence-corrected chi connectivity index (χ0v) is 13.1. The van der Waals surface area contributed by atoms with Crippen molar-refractivity contribution in [2.24, 2.45) is 0 Å². The van der Waals surface area contributed by atoms with Gasteiger partial charge in [0.2, 0.25) is 0 Å². The number of hydrogen-bond donors (Lipinski definition) is 0. The van der Waals surface area contributed by atoms with E-state index in [0.29, 0.717) is 10.7 Å². The Morgan fingerprint density at radius 1 is 1.33 bits per heavy atom. The third-order valence-electron chi connectivity index (χ3n) is 3.06. The zero-order chi connectivity index (χ0) is 14.8. The average Bonchev–Trinajstić information content (AvgIpc) is 2.96. The summed E-state index contributed by atoms with van der Waals surface area (Å²) in [4.78, 5) is 9.91. The number of rotatable bonds is 3. The fourth-order valence-corrected chi connectivity index (χ4v) is 3.36. The Morgan fingerprint density at radius 2 is 2.19 bits per heavy atom. The molecule has 6 heteroatoms. The first-order valence-corrected chi connectivity index (χ1v) is 8.25. The van der Waals surface area contributed by atoms with Crippen molar-refractivity contribution < 1.29 is 4.74 Å². The summed E-state index contributed by atoms with van der Waals surface area (Å²) in [5, 5.41) is 12.6. The molecule has 104 valence electrons. The lowest BCUT2D eigenvalue weighted by Gasteiger charge is -2.07. The van der Waals surface area contributed by atoms with Crippen LogP contribution in [0.5, 0.6) is 5.75 Å². The molecule has 0 amide bonds. The fraction of sp³-hybridized carbons (Fsp3) is 0.133. The summed E-state index contributed by atoms with van der Waals surface area (Å²) in [6.45, 7) is 0. The van der Waals surface area contributed by atoms with E-state index in [2.05, 4.69) is 16.0 Å². The Bertz CT molecular complexity index is 852. The summed E-state index contributed by atoms with van der Waals surface area (Å²) in [6.07, 6.45) is 1.94. The van der Waals surface area contributed by atoms with Gasteiger partial charge in [0.15, 0.2) is 5.16 Å². The second-order valence-corrected chi connectivity index (χ2v) is 5.86. The van der Waals surface area contributed by atoms with Crippen molar-refractivity contribution in [2.45, 2.75) is 5.16 Å². The maximum Gasteiger partial charge on any atom is 0.189 e. The van der Waals surface area contributed by atoms with E-state index in [1.807, 2.05) is 35.9 Å². The third kappa shape index (κ3) is 2.46. The molecule has 0 aliphatic carbocycles. The summed E-state index contributed by atoms with van der Waals surface area (Å²) in [7, 11) is 1.63. The maximum absolute atomic E-state index is 9.29. The van der Waals surface area contributed by atoms with E-state index < -0.39 is 0 Å². The third-order valence-corrected chi connectivity index (χ3v) is 4.48. The molecule has 0 spiro atoms. The molecule has 21 heavy (non-hydrogen) atoms. The lowest BCUT2D eigenvalue weighted by atomic mass is 10.1. The minimum Gasteiger partial charge on any atom is -0.497 e. The van der Waals surface area contributed by atoms with E-state index in [0.717, 1.165) is 27.2 Å². The van der Waals surface area contributed by atoms with Crippen molar-refractivity contribution >= 4 is 33.3 Å². The van der Waals surface area contributed by atoms with Crippen molar-refractivity contribution in [3.8, 4) is 23.1 Å². The lowest BCUT2D eigenvalue weighted by molar-refractivity contribution is 0.415. The van der Waals surface area contributed by atoms with Crippen LogP contribution in [-0.4, -0.2) is 23.3 Å². The highest BCUT2D eigenvalue weighted by Gasteiger charge is 2.15. The fourth-order valence-electron chi connectivity index (χ4n) is 2.08. The van der Waals surface area contributed by atoms with Crippen LogP contribution in [-0.2, 0) is 0 Å². The van der Waals surface area contributed by atoms with Gasteiger partial charge < -0.3 is 4.74 Å². The normalized spacial score (nSPS) is 10.5. The van der Waals surface area contributed by atoms with Crippen LogP contribution in [0.4, 0.5) is 0 Å². The number of fused-ring (bicyclic) bond motifs is 1. The first-order valence-electron chi connectivity index (χ1n) is 6.14. The van der Waals surface area contributed by atoms with Gasteiger partial charge in [-0.2, -0.15) is 5.26 Å². The minimum atomic E-state index is 0.612. The van der Waals surface area contributed by atoms with Crippen LogP contribution in [0.15, 0.2) is 34.8 Å². The first-order chi connectivity index (χ1) is 10.3. The minimum absolute atomic E-state index is 0.612. The maximum atomic E-state index is 9.29. The number of nitriles is 1. The molecule has 0 unspecified atom stereocenters. The average molecular weight is 313 g/mol. The van der Waals surface area contributed by atoms with Crippen LogP contribution in [0.1, 0.15) is 5.56 Å². The molecule has 0 saturated carbocycles. The summed E-state index contributed by atoms with van der Waals surface area (Å²) in [5.41, 5.74) is 2.31. The number of methoxy groups -OCH3 is 1. The lowest BCUT2D eigenvalue weighted by Crippen LogP contribution is -1.93. The summed E-state index contributed by atoms with van der Waals surface area (Å²) < 4.78 is 5.27. The quantitative estimate of drug-likeness (QED) is 0.541. The van der Waals surface area contributed by atoms with Crippen molar-refractivity contribution in [2.75, 3.05) is 13.4 Å². The molecule has 4 nitrogen and oxygen atoms in total. The van der Waals surface area contributed by atoms with E-state index in [-0.39, 0.29) is 0 Å². The number of benzene rings is 1. The molecular weight excluding hydrogens is 302 g/mol. The molecule has 0 aliphatic heterocycles. The van der Waals surface area contributed by atoms with Gasteiger partial charge in [-0.25, -0.2) is 9.97 Å². The number of hydrogen-bond acceptors (Lipinski definition) is 6. The summed E-state index contributed by atoms with van der Waals surface area (Å²) in [5.74, 6) is 0.763. The van der Waals surface area contributed by atoms with Crippen molar-refractivity contribution in [3.63, 3.8) is 0 Å². The van der Waals surface area contributed by atoms with Gasteiger partial charge in [0.1, 0.15) is 16.6 Å². The number of thioether (sulfide) groups is 1. The van der Waals surface area contributed by atoms with Crippen LogP contribution in [0.25, 0.3) is 21.5 Å². The number of aromatic nitrogens is 2. The molecule has 3 aromatic rings. The van der Waals surface area contributed by atoms with Crippen molar-refractivity contribution in [1.29, 1.82) is 5.26 Å². The Hall–Kier alpha value is -2.10. The molecule has 0 saturated heterocycles. The van der Waals surface area contributed by atoms with Crippen LogP contribution in [0.2, 0.25) is 0 Å². The van der Waals surface area contributed by atoms with Gasteiger partial charge in [0.05, 0.1) is 23.8 Å². The van der Waals surface area contributed by atoms with E-state index in [1.165, 1.54) is 23.1 Å². The second kappa shape index (κ2) is 5.72. The van der Waals surface area contributed by atoms with Crippen molar-refractivity contribution in [1.82, 2.24) is 9.97 Å². The van der Waals surface area contributed by atoms with E-state index >= 15 is 0 Å². The smallest absolute Gasteiger partial charge is 0.189 e. The molecule has 2 aromatic heterocycles. The first kappa shape index (κ1) is 13.9. The molecule has 3 rings (SSSR count). The Balaban J connectivity index is 2.33. The highest BCUT2D eigenvalue weighted by molar-refractivity contribution is 7.98. The molecule has 0 atom stereocenters. The van der Waals surface area contributed by atoms with E-state index in [9.17, 15) is 5.26 Å². The summed E-state index contributed by atoms with van der Waals surface area (Å²) >= 11 is 2.96. The van der Waals surface area contributed by atoms with Gasteiger partial charge in [-0.15, -0.1) is 11.3 Å². The monoisotopic (exact) mass is 313 g/mol. The molecule has 2 heterocycles. The standard InChI is InChI=1S/C15H11N3OS2/c1-19-11-5-3-4-9(6-11)13-12-10(7-16)8-21-14(12)18-15(17-13)20-2/h3-6,8H,1-2H3. The molecule has 0 aliphatic rings. The predicted octanol–water partition coefficient (Wildman–Crippen LogP) is 3.96. The molecule has 1 aromatic carbocycles. The Morgan fingerprint density at radius 3 is 2.90 bits per heavy atom. The largest absolute Gasteiger partial charge is 0.497 e. The molecule has 0 radical (unpaired) electrons. The molecule has 0 bridgehead atoms. The van der Waals surface area contributed by atoms with Crippen LogP contribution in [0.3, 0.4) is 0 Å². The van der Waals surface area contributed by atoms with Crippen LogP contribution < -0.4 is 4.74 Å².